The van der Waals surface area contributed by atoms with E-state index in [1.165, 1.54) is 36.0 Å². The highest BCUT2D eigenvalue weighted by Gasteiger charge is 1.99. The van der Waals surface area contributed by atoms with Gasteiger partial charge in [0.2, 0.25) is 0 Å². The Hall–Kier alpha value is -0.780. The van der Waals surface area contributed by atoms with Crippen LogP contribution >= 0.6 is 0 Å². The van der Waals surface area contributed by atoms with Gasteiger partial charge in [-0.2, -0.15) is 0 Å². The summed E-state index contributed by atoms with van der Waals surface area (Å²) in [5.41, 5.74) is 4.55. The fourth-order valence-electron chi connectivity index (χ4n) is 1.80. The van der Waals surface area contributed by atoms with Gasteiger partial charge < -0.3 is 0 Å². The molecule has 0 saturated carbocycles. The summed E-state index contributed by atoms with van der Waals surface area (Å²) in [6.07, 6.45) is 4.79. The first-order valence-corrected chi connectivity index (χ1v) is 5.42. The molecule has 0 heterocycles. The van der Waals surface area contributed by atoms with E-state index in [9.17, 15) is 0 Å². The molecule has 0 bridgehead atoms. The zero-order valence-electron chi connectivity index (χ0n) is 9.06. The minimum Gasteiger partial charge on any atom is -0.0651 e. The molecule has 0 aliphatic heterocycles. The van der Waals surface area contributed by atoms with Crippen LogP contribution in [0.25, 0.3) is 0 Å². The van der Waals surface area contributed by atoms with Crippen molar-refractivity contribution in [2.75, 3.05) is 0 Å². The van der Waals surface area contributed by atoms with Gasteiger partial charge in [-0.3, -0.25) is 0 Å². The lowest BCUT2D eigenvalue weighted by molar-refractivity contribution is 0.911. The largest absolute Gasteiger partial charge is 0.0651 e. The van der Waals surface area contributed by atoms with Gasteiger partial charge >= 0.3 is 0 Å². The summed E-state index contributed by atoms with van der Waals surface area (Å²) in [6, 6.07) is 6.95. The third-order valence-electron chi connectivity index (χ3n) is 2.57. The van der Waals surface area contributed by atoms with Crippen LogP contribution in [0, 0.1) is 0 Å². The Morgan fingerprint density at radius 3 is 2.15 bits per heavy atom. The van der Waals surface area contributed by atoms with Crippen molar-refractivity contribution in [1.82, 2.24) is 0 Å². The first kappa shape index (κ1) is 10.3. The topological polar surface area (TPSA) is 0 Å². The molecular weight excluding hydrogens is 156 g/mol. The summed E-state index contributed by atoms with van der Waals surface area (Å²) in [6.45, 7) is 6.71. The molecule has 1 aromatic carbocycles. The maximum absolute atomic E-state index is 2.38. The van der Waals surface area contributed by atoms with Gasteiger partial charge in [0.05, 0.1) is 0 Å². The van der Waals surface area contributed by atoms with Crippen molar-refractivity contribution in [2.24, 2.45) is 0 Å². The molecule has 0 spiro atoms. The van der Waals surface area contributed by atoms with E-state index in [1.807, 2.05) is 0 Å². The molecule has 72 valence electrons. The monoisotopic (exact) mass is 176 g/mol. The van der Waals surface area contributed by atoms with E-state index in [0.717, 1.165) is 6.42 Å². The third-order valence-corrected chi connectivity index (χ3v) is 2.57. The zero-order valence-corrected chi connectivity index (χ0v) is 9.06. The van der Waals surface area contributed by atoms with Gasteiger partial charge in [0.15, 0.2) is 0 Å². The second-order valence-electron chi connectivity index (χ2n) is 3.56. The number of hydrogen-bond donors (Lipinski definition) is 0. The highest BCUT2D eigenvalue weighted by atomic mass is 14.0. The van der Waals surface area contributed by atoms with E-state index in [-0.39, 0.29) is 0 Å². The molecule has 0 saturated heterocycles. The Morgan fingerprint density at radius 1 is 0.923 bits per heavy atom. The molecule has 1 rings (SSSR count). The van der Waals surface area contributed by atoms with Crippen molar-refractivity contribution in [1.29, 1.82) is 0 Å². The van der Waals surface area contributed by atoms with Crippen LogP contribution < -0.4 is 0 Å². The lowest BCUT2D eigenvalue weighted by Gasteiger charge is -2.07. The van der Waals surface area contributed by atoms with Crippen LogP contribution in [0.1, 0.15) is 43.9 Å². The molecule has 0 aromatic heterocycles. The number of aryl methyl sites for hydroxylation is 3. The molecule has 0 aliphatic rings. The molecule has 0 aliphatic carbocycles. The maximum Gasteiger partial charge on any atom is -0.0281 e. The number of rotatable bonds is 4. The predicted octanol–water partition coefficient (Wildman–Crippen LogP) is 3.76. The van der Waals surface area contributed by atoms with E-state index in [2.05, 4.69) is 39.0 Å². The summed E-state index contributed by atoms with van der Waals surface area (Å²) in [5, 5.41) is 0. The van der Waals surface area contributed by atoms with E-state index in [0.29, 0.717) is 0 Å². The van der Waals surface area contributed by atoms with Crippen LogP contribution in [0.4, 0.5) is 0 Å². The Morgan fingerprint density at radius 2 is 1.62 bits per heavy atom. The normalized spacial score (nSPS) is 10.4. The Kier molecular flexibility index (Phi) is 4.01. The Balaban J connectivity index is 2.91. The highest BCUT2D eigenvalue weighted by Crippen LogP contribution is 2.14. The van der Waals surface area contributed by atoms with E-state index < -0.39 is 0 Å². The molecule has 0 heteroatoms. The SMILES string of the molecule is CCCc1ccc(CC)c(CC)c1. The summed E-state index contributed by atoms with van der Waals surface area (Å²) >= 11 is 0. The van der Waals surface area contributed by atoms with E-state index in [1.54, 1.807) is 0 Å². The first-order valence-electron chi connectivity index (χ1n) is 5.42. The molecule has 0 N–H and O–H groups in total. The number of benzene rings is 1. The van der Waals surface area contributed by atoms with Crippen molar-refractivity contribution in [3.05, 3.63) is 34.9 Å². The lowest BCUT2D eigenvalue weighted by atomic mass is 9.98. The summed E-state index contributed by atoms with van der Waals surface area (Å²) < 4.78 is 0. The van der Waals surface area contributed by atoms with Gasteiger partial charge in [0.25, 0.3) is 0 Å². The molecule has 0 radical (unpaired) electrons. The van der Waals surface area contributed by atoms with Crippen molar-refractivity contribution >= 4 is 0 Å². The van der Waals surface area contributed by atoms with E-state index in [4.69, 9.17) is 0 Å². The van der Waals surface area contributed by atoms with Crippen LogP contribution in [-0.4, -0.2) is 0 Å². The fourth-order valence-corrected chi connectivity index (χ4v) is 1.80. The van der Waals surface area contributed by atoms with Crippen molar-refractivity contribution in [3.8, 4) is 0 Å². The Bertz CT molecular complexity index is 261. The standard InChI is InChI=1S/C13H20/c1-4-7-11-8-9-12(5-2)13(6-3)10-11/h8-10H,4-7H2,1-3H3. The van der Waals surface area contributed by atoms with Crippen molar-refractivity contribution in [3.63, 3.8) is 0 Å². The van der Waals surface area contributed by atoms with Crippen LogP contribution in [0.3, 0.4) is 0 Å². The molecule has 0 fully saturated rings. The molecule has 0 nitrogen and oxygen atoms in total. The van der Waals surface area contributed by atoms with Crippen LogP contribution in [-0.2, 0) is 19.3 Å². The van der Waals surface area contributed by atoms with Gasteiger partial charge in [-0.25, -0.2) is 0 Å². The molecule has 0 unspecified atom stereocenters. The summed E-state index contributed by atoms with van der Waals surface area (Å²) in [4.78, 5) is 0. The first-order chi connectivity index (χ1) is 6.31. The van der Waals surface area contributed by atoms with Gasteiger partial charge in [0.1, 0.15) is 0 Å². The summed E-state index contributed by atoms with van der Waals surface area (Å²) in [7, 11) is 0. The zero-order chi connectivity index (χ0) is 9.68. The lowest BCUT2D eigenvalue weighted by Crippen LogP contribution is -1.93. The van der Waals surface area contributed by atoms with Crippen LogP contribution in [0.2, 0.25) is 0 Å². The fraction of sp³-hybridized carbons (Fsp3) is 0.538. The molecule has 13 heavy (non-hydrogen) atoms. The molecule has 0 amide bonds. The van der Waals surface area contributed by atoms with Crippen LogP contribution in [0.5, 0.6) is 0 Å². The second kappa shape index (κ2) is 5.06. The van der Waals surface area contributed by atoms with Crippen molar-refractivity contribution in [2.45, 2.75) is 46.5 Å². The second-order valence-corrected chi connectivity index (χ2v) is 3.56. The summed E-state index contributed by atoms with van der Waals surface area (Å²) in [5.74, 6) is 0. The minimum atomic E-state index is 1.16. The third kappa shape index (κ3) is 2.58. The number of hydrogen-bond acceptors (Lipinski definition) is 0. The van der Waals surface area contributed by atoms with E-state index >= 15 is 0 Å². The average molecular weight is 176 g/mol. The van der Waals surface area contributed by atoms with Gasteiger partial charge in [-0.1, -0.05) is 45.4 Å². The Labute approximate surface area is 82.0 Å². The maximum atomic E-state index is 2.38. The molecular formula is C13H20. The highest BCUT2D eigenvalue weighted by molar-refractivity contribution is 5.32. The molecule has 1 aromatic rings. The average Bonchev–Trinajstić information content (AvgIpc) is 2.18. The smallest absolute Gasteiger partial charge is 0.0281 e. The van der Waals surface area contributed by atoms with Crippen molar-refractivity contribution < 1.29 is 0 Å². The molecule has 0 atom stereocenters. The van der Waals surface area contributed by atoms with Gasteiger partial charge in [0, 0.05) is 0 Å². The van der Waals surface area contributed by atoms with Crippen LogP contribution in [0.15, 0.2) is 18.2 Å². The van der Waals surface area contributed by atoms with Gasteiger partial charge in [-0.05, 0) is 36.0 Å². The predicted molar refractivity (Wildman–Crippen MR) is 59.2 cm³/mol. The quantitative estimate of drug-likeness (QED) is 0.655. The van der Waals surface area contributed by atoms with Gasteiger partial charge in [-0.15, -0.1) is 0 Å². The minimum absolute atomic E-state index is 1.16.